The molecule has 43 heavy (non-hydrogen) atoms. The lowest BCUT2D eigenvalue weighted by Crippen LogP contribution is -2.52. The Morgan fingerprint density at radius 3 is 2.26 bits per heavy atom. The molecule has 13 heteroatoms. The highest BCUT2D eigenvalue weighted by molar-refractivity contribution is 6.06. The number of piperidine rings is 3. The van der Waals surface area contributed by atoms with Gasteiger partial charge in [0.25, 0.3) is 5.91 Å². The van der Waals surface area contributed by atoms with Gasteiger partial charge in [-0.25, -0.2) is 0 Å². The second-order valence-corrected chi connectivity index (χ2v) is 11.6. The Morgan fingerprint density at radius 2 is 1.56 bits per heavy atom. The van der Waals surface area contributed by atoms with Crippen molar-refractivity contribution >= 4 is 48.2 Å². The summed E-state index contributed by atoms with van der Waals surface area (Å²) in [5.74, 6) is -0.861. The predicted octanol–water partition coefficient (Wildman–Crippen LogP) is 2.22. The van der Waals surface area contributed by atoms with Crippen molar-refractivity contribution < 1.29 is 28.6 Å². The molecule has 242 valence electrons. The van der Waals surface area contributed by atoms with Crippen molar-refractivity contribution in [2.75, 3.05) is 84.2 Å². The summed E-state index contributed by atoms with van der Waals surface area (Å²) in [7, 11) is 0. The summed E-state index contributed by atoms with van der Waals surface area (Å²) in [6.45, 7) is 10.1. The predicted molar refractivity (Wildman–Crippen MR) is 168 cm³/mol. The van der Waals surface area contributed by atoms with Crippen LogP contribution in [0, 0.1) is 5.41 Å². The van der Waals surface area contributed by atoms with Crippen LogP contribution in [0.3, 0.4) is 0 Å². The van der Waals surface area contributed by atoms with Crippen LogP contribution < -0.4 is 16.0 Å². The van der Waals surface area contributed by atoms with Gasteiger partial charge in [0.05, 0.1) is 39.6 Å². The molecule has 3 amide bonds. The van der Waals surface area contributed by atoms with Gasteiger partial charge in [-0.15, -0.1) is 24.8 Å². The van der Waals surface area contributed by atoms with Crippen molar-refractivity contribution in [2.24, 2.45) is 5.41 Å². The number of nitrogens with zero attached hydrogens (tertiary/aromatic N) is 2. The molecular weight excluding hydrogens is 597 g/mol. The van der Waals surface area contributed by atoms with Crippen molar-refractivity contribution in [3.05, 3.63) is 29.3 Å². The van der Waals surface area contributed by atoms with Crippen LogP contribution in [0.5, 0.6) is 0 Å². The van der Waals surface area contributed by atoms with Crippen molar-refractivity contribution in [1.29, 1.82) is 0 Å². The van der Waals surface area contributed by atoms with Crippen LogP contribution in [-0.4, -0.2) is 112 Å². The van der Waals surface area contributed by atoms with E-state index in [-0.39, 0.29) is 43.0 Å². The highest BCUT2D eigenvalue weighted by atomic mass is 35.5. The molecule has 1 aromatic rings. The molecule has 0 radical (unpaired) electrons. The zero-order valence-electron chi connectivity index (χ0n) is 24.9. The molecular formula is C30H47Cl2N5O6. The number of fused-ring (bicyclic) bond motifs is 1. The number of nitrogens with one attached hydrogen (secondary N) is 3. The van der Waals surface area contributed by atoms with Gasteiger partial charge in [0.1, 0.15) is 6.04 Å². The summed E-state index contributed by atoms with van der Waals surface area (Å²) in [5, 5.41) is 9.18. The lowest BCUT2D eigenvalue weighted by atomic mass is 9.71. The van der Waals surface area contributed by atoms with E-state index in [1.165, 1.54) is 51.9 Å². The van der Waals surface area contributed by atoms with E-state index in [1.54, 1.807) is 11.0 Å². The van der Waals surface area contributed by atoms with Gasteiger partial charge in [0, 0.05) is 42.9 Å². The quantitative estimate of drug-likeness (QED) is 0.207. The number of ether oxygens (including phenoxy) is 3. The largest absolute Gasteiger partial charge is 0.382 e. The molecule has 11 nitrogen and oxygen atoms in total. The summed E-state index contributed by atoms with van der Waals surface area (Å²) in [5.41, 5.74) is 2.92. The Kier molecular flexibility index (Phi) is 14.4. The normalized spacial score (nSPS) is 21.6. The van der Waals surface area contributed by atoms with Gasteiger partial charge in [-0.05, 0) is 75.8 Å². The molecule has 0 bridgehead atoms. The summed E-state index contributed by atoms with van der Waals surface area (Å²) < 4.78 is 17.1. The molecule has 4 aliphatic heterocycles. The summed E-state index contributed by atoms with van der Waals surface area (Å²) in [6, 6.07) is 4.93. The topological polar surface area (TPSA) is 121 Å². The van der Waals surface area contributed by atoms with Crippen LogP contribution in [0.1, 0.15) is 54.4 Å². The fourth-order valence-electron chi connectivity index (χ4n) is 6.45. The number of anilines is 1. The van der Waals surface area contributed by atoms with Gasteiger partial charge in [0.15, 0.2) is 0 Å². The Balaban J connectivity index is 0.00000253. The molecule has 3 saturated heterocycles. The first-order valence-electron chi connectivity index (χ1n) is 15.2. The number of carbonyl (C=O) groups is 3. The Morgan fingerprint density at radius 1 is 0.884 bits per heavy atom. The minimum atomic E-state index is -0.615. The second kappa shape index (κ2) is 17.5. The van der Waals surface area contributed by atoms with Gasteiger partial charge in [-0.3, -0.25) is 19.7 Å². The molecule has 0 aliphatic carbocycles. The molecule has 0 saturated carbocycles. The van der Waals surface area contributed by atoms with E-state index in [1.807, 2.05) is 12.1 Å². The molecule has 1 aromatic carbocycles. The molecule has 4 heterocycles. The first-order chi connectivity index (χ1) is 20.0. The van der Waals surface area contributed by atoms with Crippen LogP contribution in [-0.2, 0) is 30.3 Å². The zero-order chi connectivity index (χ0) is 28.5. The van der Waals surface area contributed by atoms with Gasteiger partial charge in [-0.1, -0.05) is 6.07 Å². The number of imide groups is 1. The average molecular weight is 645 g/mol. The number of amides is 3. The van der Waals surface area contributed by atoms with E-state index in [0.29, 0.717) is 63.5 Å². The van der Waals surface area contributed by atoms with Crippen LogP contribution in [0.4, 0.5) is 5.69 Å². The molecule has 3 N–H and O–H groups in total. The van der Waals surface area contributed by atoms with Gasteiger partial charge < -0.3 is 34.6 Å². The monoisotopic (exact) mass is 643 g/mol. The van der Waals surface area contributed by atoms with Gasteiger partial charge in [0.2, 0.25) is 11.8 Å². The third-order valence-corrected chi connectivity index (χ3v) is 9.02. The third-order valence-electron chi connectivity index (χ3n) is 9.02. The maximum absolute atomic E-state index is 12.9. The van der Waals surface area contributed by atoms with E-state index in [2.05, 4.69) is 20.9 Å². The lowest BCUT2D eigenvalue weighted by Gasteiger charge is -2.44. The molecule has 4 aliphatic rings. The van der Waals surface area contributed by atoms with Crippen molar-refractivity contribution in [3.63, 3.8) is 0 Å². The number of hydrogen-bond donors (Lipinski definition) is 3. The lowest BCUT2D eigenvalue weighted by molar-refractivity contribution is -0.136. The van der Waals surface area contributed by atoms with E-state index in [4.69, 9.17) is 14.2 Å². The van der Waals surface area contributed by atoms with E-state index >= 15 is 0 Å². The Hall–Kier alpha value is -1.99. The highest BCUT2D eigenvalue weighted by Gasteiger charge is 2.40. The molecule has 5 rings (SSSR count). The molecule has 1 unspecified atom stereocenters. The van der Waals surface area contributed by atoms with Crippen molar-refractivity contribution in [1.82, 2.24) is 20.4 Å². The SMILES string of the molecule is Cl.Cl.O=C1CCC(N2Cc3c(NCCOCCOCCOCCN4CCC5(CCNCC5)CC4)cccc3C2=O)C(=O)N1. The summed E-state index contributed by atoms with van der Waals surface area (Å²) in [4.78, 5) is 40.8. The van der Waals surface area contributed by atoms with Crippen LogP contribution in [0.15, 0.2) is 18.2 Å². The fourth-order valence-corrected chi connectivity index (χ4v) is 6.45. The summed E-state index contributed by atoms with van der Waals surface area (Å²) >= 11 is 0. The van der Waals surface area contributed by atoms with E-state index in [9.17, 15) is 14.4 Å². The van der Waals surface area contributed by atoms with Crippen LogP contribution in [0.2, 0.25) is 0 Å². The zero-order valence-corrected chi connectivity index (χ0v) is 26.5. The highest BCUT2D eigenvalue weighted by Crippen LogP contribution is 2.39. The summed E-state index contributed by atoms with van der Waals surface area (Å²) in [6.07, 6.45) is 5.91. The van der Waals surface area contributed by atoms with Crippen molar-refractivity contribution in [3.8, 4) is 0 Å². The smallest absolute Gasteiger partial charge is 0.255 e. The number of halogens is 2. The number of hydrogen-bond acceptors (Lipinski definition) is 9. The molecule has 3 fully saturated rings. The second-order valence-electron chi connectivity index (χ2n) is 11.6. The average Bonchev–Trinajstić information content (AvgIpc) is 3.32. The number of carbonyl (C=O) groups excluding carboxylic acids is 3. The van der Waals surface area contributed by atoms with Crippen molar-refractivity contribution in [2.45, 2.75) is 51.1 Å². The van der Waals surface area contributed by atoms with Crippen LogP contribution in [0.25, 0.3) is 0 Å². The minimum absolute atomic E-state index is 0. The van der Waals surface area contributed by atoms with E-state index < -0.39 is 11.9 Å². The maximum atomic E-state index is 12.9. The number of benzene rings is 1. The Labute approximate surface area is 266 Å². The molecule has 1 spiro atoms. The van der Waals surface area contributed by atoms with Crippen LogP contribution >= 0.6 is 24.8 Å². The first kappa shape index (κ1) is 35.5. The first-order valence-corrected chi connectivity index (χ1v) is 15.2. The number of rotatable bonds is 14. The number of likely N-dealkylation sites (tertiary alicyclic amines) is 1. The van der Waals surface area contributed by atoms with E-state index in [0.717, 1.165) is 24.4 Å². The molecule has 0 aromatic heterocycles. The minimum Gasteiger partial charge on any atom is -0.382 e. The van der Waals surface area contributed by atoms with Gasteiger partial charge >= 0.3 is 0 Å². The Bertz CT molecular complexity index is 1060. The fraction of sp³-hybridized carbons (Fsp3) is 0.700. The third kappa shape index (κ3) is 9.50. The maximum Gasteiger partial charge on any atom is 0.255 e. The standard InChI is InChI=1S/C30H45N5O6.2ClH/c36-27-5-4-26(28(37)33-27)35-22-24-23(29(35)38)2-1-3-25(24)32-12-16-39-18-20-41-21-19-40-17-15-34-13-8-30(9-14-34)6-10-31-11-7-30;;/h1-3,26,31-32H,4-22H2,(H,33,36,37);2*1H. The molecule has 1 atom stereocenters. The van der Waals surface area contributed by atoms with Gasteiger partial charge in [-0.2, -0.15) is 0 Å².